The van der Waals surface area contributed by atoms with Gasteiger partial charge in [-0.05, 0) is 29.9 Å². The molecule has 1 aliphatic rings. The highest BCUT2D eigenvalue weighted by molar-refractivity contribution is 7.12. The van der Waals surface area contributed by atoms with Crippen molar-refractivity contribution < 1.29 is 9.59 Å². The zero-order valence-electron chi connectivity index (χ0n) is 14.1. The number of nitrogens with zero attached hydrogens (tertiary/aromatic N) is 1. The van der Waals surface area contributed by atoms with Crippen molar-refractivity contribution in [3.05, 3.63) is 58.3 Å². The lowest BCUT2D eigenvalue weighted by Gasteiger charge is -2.33. The first-order chi connectivity index (χ1) is 12.1. The van der Waals surface area contributed by atoms with Crippen LogP contribution in [0.4, 0.5) is 0 Å². The summed E-state index contributed by atoms with van der Waals surface area (Å²) in [4.78, 5) is 27.9. The average molecular weight is 357 g/mol. The Balaban J connectivity index is 1.73. The normalized spacial score (nSPS) is 16.4. The van der Waals surface area contributed by atoms with Gasteiger partial charge in [-0.3, -0.25) is 9.59 Å². The van der Waals surface area contributed by atoms with Crippen LogP contribution in [-0.2, 0) is 11.2 Å². The summed E-state index contributed by atoms with van der Waals surface area (Å²) in [5.74, 6) is -0.223. The highest BCUT2D eigenvalue weighted by Crippen LogP contribution is 2.14. The number of nitrogens with one attached hydrogen (secondary N) is 1. The maximum Gasteiger partial charge on any atom is 0.262 e. The Bertz CT molecular complexity index is 695. The van der Waals surface area contributed by atoms with Gasteiger partial charge in [-0.25, -0.2) is 0 Å². The molecule has 1 fully saturated rings. The molecule has 25 heavy (non-hydrogen) atoms. The third-order valence-corrected chi connectivity index (χ3v) is 5.35. The molecule has 1 atom stereocenters. The van der Waals surface area contributed by atoms with Gasteiger partial charge >= 0.3 is 0 Å². The molecule has 1 saturated heterocycles. The molecule has 0 radical (unpaired) electrons. The zero-order valence-corrected chi connectivity index (χ0v) is 14.9. The third kappa shape index (κ3) is 4.67. The van der Waals surface area contributed by atoms with E-state index in [1.807, 2.05) is 46.7 Å². The molecule has 6 heteroatoms. The van der Waals surface area contributed by atoms with E-state index in [0.717, 1.165) is 18.4 Å². The number of thiophene rings is 1. The van der Waals surface area contributed by atoms with Crippen molar-refractivity contribution in [2.75, 3.05) is 13.1 Å². The number of likely N-dealkylation sites (tertiary alicyclic amines) is 1. The number of piperidine rings is 1. The van der Waals surface area contributed by atoms with Crippen molar-refractivity contribution in [2.45, 2.75) is 31.3 Å². The number of amides is 2. The molecule has 5 nitrogen and oxygen atoms in total. The highest BCUT2D eigenvalue weighted by atomic mass is 32.1. The Labute approximate surface area is 151 Å². The molecule has 1 aromatic carbocycles. The monoisotopic (exact) mass is 357 g/mol. The van der Waals surface area contributed by atoms with Crippen LogP contribution >= 0.6 is 11.3 Å². The molecule has 1 aromatic heterocycles. The molecule has 2 aromatic rings. The van der Waals surface area contributed by atoms with Crippen LogP contribution in [0.1, 0.15) is 28.1 Å². The number of carbonyl (C=O) groups excluding carboxylic acids is 2. The van der Waals surface area contributed by atoms with Crippen molar-refractivity contribution in [1.29, 1.82) is 0 Å². The van der Waals surface area contributed by atoms with E-state index in [4.69, 9.17) is 5.73 Å². The van der Waals surface area contributed by atoms with E-state index in [1.165, 1.54) is 11.3 Å². The Morgan fingerprint density at radius 1 is 1.16 bits per heavy atom. The Morgan fingerprint density at radius 2 is 1.88 bits per heavy atom. The zero-order chi connectivity index (χ0) is 17.6. The van der Waals surface area contributed by atoms with Crippen LogP contribution in [-0.4, -0.2) is 41.9 Å². The fourth-order valence-corrected chi connectivity index (χ4v) is 3.65. The molecule has 3 N–H and O–H groups in total. The van der Waals surface area contributed by atoms with E-state index in [1.54, 1.807) is 6.07 Å². The summed E-state index contributed by atoms with van der Waals surface area (Å²) < 4.78 is 0. The third-order valence-electron chi connectivity index (χ3n) is 4.48. The van der Waals surface area contributed by atoms with Crippen LogP contribution in [0.3, 0.4) is 0 Å². The summed E-state index contributed by atoms with van der Waals surface area (Å²) in [5, 5.41) is 4.78. The van der Waals surface area contributed by atoms with Crippen LogP contribution in [0.2, 0.25) is 0 Å². The van der Waals surface area contributed by atoms with Crippen molar-refractivity contribution in [3.63, 3.8) is 0 Å². The number of nitrogens with two attached hydrogens (primary N) is 1. The summed E-state index contributed by atoms with van der Waals surface area (Å²) in [5.41, 5.74) is 6.96. The second kappa shape index (κ2) is 8.27. The van der Waals surface area contributed by atoms with Crippen molar-refractivity contribution in [1.82, 2.24) is 10.2 Å². The van der Waals surface area contributed by atoms with Crippen LogP contribution in [0.25, 0.3) is 0 Å². The van der Waals surface area contributed by atoms with Gasteiger partial charge in [-0.15, -0.1) is 11.3 Å². The maximum absolute atomic E-state index is 13.0. The van der Waals surface area contributed by atoms with E-state index in [-0.39, 0.29) is 17.9 Å². The molecule has 0 spiro atoms. The molecule has 132 valence electrons. The number of rotatable bonds is 5. The number of benzene rings is 1. The van der Waals surface area contributed by atoms with Gasteiger partial charge in [0.05, 0.1) is 4.88 Å². The molecule has 2 amide bonds. The smallest absolute Gasteiger partial charge is 0.262 e. The lowest BCUT2D eigenvalue weighted by molar-refractivity contribution is -0.134. The average Bonchev–Trinajstić information content (AvgIpc) is 3.17. The SMILES string of the molecule is NC1CCN(C(=O)C(Cc2ccccc2)NC(=O)c2cccs2)CC1. The van der Waals surface area contributed by atoms with E-state index in [0.29, 0.717) is 24.4 Å². The lowest BCUT2D eigenvalue weighted by Crippen LogP contribution is -2.52. The van der Waals surface area contributed by atoms with E-state index in [9.17, 15) is 9.59 Å². The summed E-state index contributed by atoms with van der Waals surface area (Å²) in [6.07, 6.45) is 2.10. The number of hydrogen-bond donors (Lipinski definition) is 2. The Hall–Kier alpha value is -2.18. The largest absolute Gasteiger partial charge is 0.341 e. The van der Waals surface area contributed by atoms with Gasteiger partial charge in [0, 0.05) is 25.6 Å². The van der Waals surface area contributed by atoms with Crippen LogP contribution < -0.4 is 11.1 Å². The molecule has 3 rings (SSSR count). The van der Waals surface area contributed by atoms with Crippen LogP contribution in [0.5, 0.6) is 0 Å². The van der Waals surface area contributed by atoms with E-state index >= 15 is 0 Å². The van der Waals surface area contributed by atoms with Gasteiger partial charge in [-0.2, -0.15) is 0 Å². The predicted octanol–water partition coefficient (Wildman–Crippen LogP) is 2.04. The lowest BCUT2D eigenvalue weighted by atomic mass is 10.0. The maximum atomic E-state index is 13.0. The first-order valence-corrected chi connectivity index (χ1v) is 9.44. The number of hydrogen-bond acceptors (Lipinski definition) is 4. The van der Waals surface area contributed by atoms with Gasteiger partial charge in [0.1, 0.15) is 6.04 Å². The second-order valence-corrected chi connectivity index (χ2v) is 7.30. The molecule has 1 aliphatic heterocycles. The fraction of sp³-hybridized carbons (Fsp3) is 0.368. The molecular weight excluding hydrogens is 334 g/mol. The first-order valence-electron chi connectivity index (χ1n) is 8.56. The molecule has 0 saturated carbocycles. The van der Waals surface area contributed by atoms with Crippen molar-refractivity contribution in [2.24, 2.45) is 5.73 Å². The second-order valence-electron chi connectivity index (χ2n) is 6.36. The standard InChI is InChI=1S/C19H23N3O2S/c20-15-8-10-22(11-9-15)19(24)16(13-14-5-2-1-3-6-14)21-18(23)17-7-4-12-25-17/h1-7,12,15-16H,8-11,13,20H2,(H,21,23). The van der Waals surface area contributed by atoms with E-state index in [2.05, 4.69) is 5.32 Å². The van der Waals surface area contributed by atoms with Gasteiger partial charge in [-0.1, -0.05) is 36.4 Å². The van der Waals surface area contributed by atoms with Gasteiger partial charge in [0.15, 0.2) is 0 Å². The molecule has 0 aliphatic carbocycles. The predicted molar refractivity (Wildman–Crippen MR) is 99.5 cm³/mol. The van der Waals surface area contributed by atoms with Crippen molar-refractivity contribution in [3.8, 4) is 0 Å². The van der Waals surface area contributed by atoms with E-state index < -0.39 is 6.04 Å². The van der Waals surface area contributed by atoms with Gasteiger partial charge < -0.3 is 16.0 Å². The summed E-state index contributed by atoms with van der Waals surface area (Å²) in [6.45, 7) is 1.31. The van der Waals surface area contributed by atoms with Crippen molar-refractivity contribution >= 4 is 23.2 Å². The van der Waals surface area contributed by atoms with Gasteiger partial charge in [0.2, 0.25) is 5.91 Å². The highest BCUT2D eigenvalue weighted by Gasteiger charge is 2.29. The summed E-state index contributed by atoms with van der Waals surface area (Å²) in [7, 11) is 0. The summed E-state index contributed by atoms with van der Waals surface area (Å²) >= 11 is 1.37. The minimum Gasteiger partial charge on any atom is -0.341 e. The quantitative estimate of drug-likeness (QED) is 0.860. The van der Waals surface area contributed by atoms with Crippen LogP contribution in [0.15, 0.2) is 47.8 Å². The fourth-order valence-electron chi connectivity index (χ4n) is 3.03. The minimum absolute atomic E-state index is 0.0272. The molecule has 2 heterocycles. The Kier molecular flexibility index (Phi) is 5.83. The number of carbonyl (C=O) groups is 2. The van der Waals surface area contributed by atoms with Crippen LogP contribution in [0, 0.1) is 0 Å². The minimum atomic E-state index is -0.564. The molecule has 0 bridgehead atoms. The van der Waals surface area contributed by atoms with Gasteiger partial charge in [0.25, 0.3) is 5.91 Å². The molecular formula is C19H23N3O2S. The first kappa shape index (κ1) is 17.6. The molecule has 1 unspecified atom stereocenters. The Morgan fingerprint density at radius 3 is 2.52 bits per heavy atom. The summed E-state index contributed by atoms with van der Waals surface area (Å²) in [6, 6.07) is 13.0. The topological polar surface area (TPSA) is 75.4 Å².